The zero-order valence-electron chi connectivity index (χ0n) is 7.64. The van der Waals surface area contributed by atoms with Crippen molar-refractivity contribution < 1.29 is 9.53 Å². The van der Waals surface area contributed by atoms with Gasteiger partial charge in [0.25, 0.3) is 5.91 Å². The zero-order valence-corrected chi connectivity index (χ0v) is 7.64. The van der Waals surface area contributed by atoms with E-state index in [4.69, 9.17) is 10.5 Å². The lowest BCUT2D eigenvalue weighted by Crippen LogP contribution is -2.18. The summed E-state index contributed by atoms with van der Waals surface area (Å²) < 4.78 is 5.23. The lowest BCUT2D eigenvalue weighted by Gasteiger charge is -2.08. The van der Waals surface area contributed by atoms with Crippen LogP contribution in [0.5, 0.6) is 0 Å². The van der Waals surface area contributed by atoms with Crippen molar-refractivity contribution in [3.05, 3.63) is 23.8 Å². The predicted molar refractivity (Wildman–Crippen MR) is 48.7 cm³/mol. The molecule has 0 radical (unpaired) electrons. The molecule has 1 saturated heterocycles. The van der Waals surface area contributed by atoms with Crippen molar-refractivity contribution >= 4 is 5.91 Å². The van der Waals surface area contributed by atoms with Gasteiger partial charge in [0.2, 0.25) is 0 Å². The van der Waals surface area contributed by atoms with E-state index in [1.807, 2.05) is 0 Å². The smallest absolute Gasteiger partial charge is 0.269 e. The number of nitrogens with zero attached hydrogens (tertiary/aromatic N) is 2. The number of aromatic nitrogens is 2. The first-order chi connectivity index (χ1) is 6.79. The Hall–Kier alpha value is -1.49. The van der Waals surface area contributed by atoms with Crippen LogP contribution in [0, 0.1) is 0 Å². The van der Waals surface area contributed by atoms with E-state index in [1.165, 1.54) is 6.20 Å². The minimum Gasteiger partial charge on any atom is -0.381 e. The second kappa shape index (κ2) is 3.71. The summed E-state index contributed by atoms with van der Waals surface area (Å²) >= 11 is 0. The topological polar surface area (TPSA) is 78.1 Å². The molecule has 5 heteroatoms. The van der Waals surface area contributed by atoms with Crippen molar-refractivity contribution in [3.63, 3.8) is 0 Å². The van der Waals surface area contributed by atoms with Crippen molar-refractivity contribution in [2.45, 2.75) is 12.3 Å². The van der Waals surface area contributed by atoms with E-state index in [2.05, 4.69) is 9.97 Å². The summed E-state index contributed by atoms with van der Waals surface area (Å²) in [5.74, 6) is -0.369. The Morgan fingerprint density at radius 1 is 1.50 bits per heavy atom. The second-order valence-electron chi connectivity index (χ2n) is 3.21. The molecule has 0 aromatic carbocycles. The average molecular weight is 193 g/mol. The number of primary amides is 1. The highest BCUT2D eigenvalue weighted by Crippen LogP contribution is 2.24. The monoisotopic (exact) mass is 193 g/mol. The number of hydrogen-bond acceptors (Lipinski definition) is 4. The van der Waals surface area contributed by atoms with E-state index in [0.29, 0.717) is 18.9 Å². The fourth-order valence-corrected chi connectivity index (χ4v) is 1.59. The Morgan fingerprint density at radius 3 is 2.93 bits per heavy atom. The van der Waals surface area contributed by atoms with E-state index < -0.39 is 5.91 Å². The van der Waals surface area contributed by atoms with Crippen LogP contribution in [-0.4, -0.2) is 29.1 Å². The summed E-state index contributed by atoms with van der Waals surface area (Å²) in [6.07, 6.45) is 3.92. The van der Waals surface area contributed by atoms with Crippen LogP contribution >= 0.6 is 0 Å². The molecule has 0 spiro atoms. The minimum absolute atomic E-state index is 0.159. The normalized spacial score (nSPS) is 21.0. The van der Waals surface area contributed by atoms with Crippen molar-refractivity contribution in [2.24, 2.45) is 5.73 Å². The highest BCUT2D eigenvalue weighted by molar-refractivity contribution is 5.91. The number of carbonyl (C=O) groups is 1. The van der Waals surface area contributed by atoms with Gasteiger partial charge in [-0.25, -0.2) is 4.98 Å². The van der Waals surface area contributed by atoms with Gasteiger partial charge >= 0.3 is 0 Å². The highest BCUT2D eigenvalue weighted by Gasteiger charge is 2.24. The van der Waals surface area contributed by atoms with Crippen molar-refractivity contribution in [2.75, 3.05) is 13.2 Å². The summed E-state index contributed by atoms with van der Waals surface area (Å²) in [6.45, 7) is 1.30. The number of rotatable bonds is 2. The Kier molecular flexibility index (Phi) is 2.41. The van der Waals surface area contributed by atoms with E-state index >= 15 is 0 Å². The summed E-state index contributed by atoms with van der Waals surface area (Å²) in [4.78, 5) is 19.1. The Labute approximate surface area is 81.3 Å². The molecule has 1 aliphatic heterocycles. The Morgan fingerprint density at radius 2 is 2.29 bits per heavy atom. The minimum atomic E-state index is -0.528. The van der Waals surface area contributed by atoms with Crippen LogP contribution in [0.15, 0.2) is 12.4 Å². The molecular formula is C9H11N3O2. The van der Waals surface area contributed by atoms with Crippen molar-refractivity contribution in [1.82, 2.24) is 9.97 Å². The lowest BCUT2D eigenvalue weighted by molar-refractivity contribution is 0.0993. The van der Waals surface area contributed by atoms with E-state index in [9.17, 15) is 4.79 Å². The Balaban J connectivity index is 2.35. The quantitative estimate of drug-likeness (QED) is 0.721. The molecule has 0 unspecified atom stereocenters. The average Bonchev–Trinajstić information content (AvgIpc) is 2.70. The van der Waals surface area contributed by atoms with Gasteiger partial charge < -0.3 is 10.5 Å². The number of nitrogens with two attached hydrogens (primary N) is 1. The molecule has 2 heterocycles. The van der Waals surface area contributed by atoms with Gasteiger partial charge in [-0.3, -0.25) is 9.78 Å². The van der Waals surface area contributed by atoms with Gasteiger partial charge in [-0.05, 0) is 6.42 Å². The van der Waals surface area contributed by atoms with Crippen LogP contribution in [0.2, 0.25) is 0 Å². The molecule has 2 N–H and O–H groups in total. The molecule has 1 aliphatic rings. The Bertz CT molecular complexity index is 348. The maximum Gasteiger partial charge on any atom is 0.269 e. The molecule has 1 aromatic heterocycles. The number of amides is 1. The molecule has 1 aromatic rings. The van der Waals surface area contributed by atoms with Crippen LogP contribution in [0.25, 0.3) is 0 Å². The van der Waals surface area contributed by atoms with E-state index in [0.717, 1.165) is 6.42 Å². The van der Waals surface area contributed by atoms with Gasteiger partial charge in [-0.15, -0.1) is 0 Å². The maximum atomic E-state index is 11.1. The van der Waals surface area contributed by atoms with Gasteiger partial charge in [-0.1, -0.05) is 0 Å². The van der Waals surface area contributed by atoms with E-state index in [1.54, 1.807) is 6.20 Å². The fourth-order valence-electron chi connectivity index (χ4n) is 1.59. The third kappa shape index (κ3) is 1.58. The lowest BCUT2D eigenvalue weighted by atomic mass is 10.0. The van der Waals surface area contributed by atoms with Crippen molar-refractivity contribution in [1.29, 1.82) is 0 Å². The predicted octanol–water partition coefficient (Wildman–Crippen LogP) is 0.0794. The van der Waals surface area contributed by atoms with Crippen LogP contribution in [0.1, 0.15) is 28.5 Å². The number of ether oxygens (including phenoxy) is 1. The summed E-state index contributed by atoms with van der Waals surface area (Å²) in [7, 11) is 0. The molecule has 5 nitrogen and oxygen atoms in total. The molecule has 0 saturated carbocycles. The number of hydrogen-bond donors (Lipinski definition) is 1. The second-order valence-corrected chi connectivity index (χ2v) is 3.21. The van der Waals surface area contributed by atoms with Gasteiger partial charge in [-0.2, -0.15) is 0 Å². The highest BCUT2D eigenvalue weighted by atomic mass is 16.5. The summed E-state index contributed by atoms with van der Waals surface area (Å²) in [5, 5.41) is 0. The van der Waals surface area contributed by atoms with Crippen LogP contribution in [0.4, 0.5) is 0 Å². The van der Waals surface area contributed by atoms with Crippen LogP contribution < -0.4 is 5.73 Å². The molecule has 0 aliphatic carbocycles. The maximum absolute atomic E-state index is 11.1. The molecule has 1 atom stereocenters. The third-order valence-electron chi connectivity index (χ3n) is 2.28. The molecule has 14 heavy (non-hydrogen) atoms. The molecule has 1 fully saturated rings. The number of carbonyl (C=O) groups excluding carboxylic acids is 1. The van der Waals surface area contributed by atoms with E-state index in [-0.39, 0.29) is 11.6 Å². The molecule has 74 valence electrons. The van der Waals surface area contributed by atoms with Crippen LogP contribution in [0.3, 0.4) is 0 Å². The largest absolute Gasteiger partial charge is 0.381 e. The van der Waals surface area contributed by atoms with Gasteiger partial charge in [0, 0.05) is 24.9 Å². The molecule has 2 rings (SSSR count). The van der Waals surface area contributed by atoms with Gasteiger partial charge in [0.05, 0.1) is 12.3 Å². The first kappa shape index (κ1) is 9.08. The zero-order chi connectivity index (χ0) is 9.97. The van der Waals surface area contributed by atoms with Gasteiger partial charge in [0.1, 0.15) is 5.69 Å². The first-order valence-corrected chi connectivity index (χ1v) is 4.47. The SMILES string of the molecule is NC(=O)c1nccnc1[C@@H]1CCOC1. The standard InChI is InChI=1S/C9H11N3O2/c10-9(13)8-7(11-2-3-12-8)6-1-4-14-5-6/h2-3,6H,1,4-5H2,(H2,10,13)/t6-/m1/s1. The fraction of sp³-hybridized carbons (Fsp3) is 0.444. The first-order valence-electron chi connectivity index (χ1n) is 4.47. The summed E-state index contributed by atoms with van der Waals surface area (Å²) in [5.41, 5.74) is 6.13. The van der Waals surface area contributed by atoms with Crippen LogP contribution in [-0.2, 0) is 4.74 Å². The molecule has 1 amide bonds. The van der Waals surface area contributed by atoms with Gasteiger partial charge in [0.15, 0.2) is 0 Å². The molecular weight excluding hydrogens is 182 g/mol. The van der Waals surface area contributed by atoms with Crippen molar-refractivity contribution in [3.8, 4) is 0 Å². The summed E-state index contributed by atoms with van der Waals surface area (Å²) in [6, 6.07) is 0. The molecule has 0 bridgehead atoms. The third-order valence-corrected chi connectivity index (χ3v) is 2.28.